The summed E-state index contributed by atoms with van der Waals surface area (Å²) in [6, 6.07) is 4.95. The number of amides is 1. The first-order valence-corrected chi connectivity index (χ1v) is 6.90. The molecule has 0 atom stereocenters. The van der Waals surface area contributed by atoms with E-state index in [1.807, 2.05) is 17.5 Å². The van der Waals surface area contributed by atoms with E-state index in [-0.39, 0.29) is 12.1 Å². The maximum Gasteiger partial charge on any atom is 0.337 e. The highest BCUT2D eigenvalue weighted by Crippen LogP contribution is 2.21. The molecule has 1 heterocycles. The van der Waals surface area contributed by atoms with Gasteiger partial charge in [0.05, 0.1) is 11.3 Å². The Labute approximate surface area is 123 Å². The van der Waals surface area contributed by atoms with Crippen molar-refractivity contribution in [3.05, 3.63) is 51.7 Å². The third-order valence-corrected chi connectivity index (χ3v) is 3.68. The smallest absolute Gasteiger partial charge is 0.337 e. The van der Waals surface area contributed by atoms with E-state index in [1.165, 1.54) is 11.3 Å². The van der Waals surface area contributed by atoms with Crippen LogP contribution in [0.2, 0.25) is 0 Å². The fourth-order valence-corrected chi connectivity index (χ4v) is 2.44. The van der Waals surface area contributed by atoms with Crippen molar-refractivity contribution in [1.82, 2.24) is 0 Å². The number of carbonyl (C=O) groups excluding carboxylic acids is 1. The molecule has 0 bridgehead atoms. The summed E-state index contributed by atoms with van der Waals surface area (Å²) in [5.74, 6) is -4.39. The van der Waals surface area contributed by atoms with E-state index in [0.29, 0.717) is 18.6 Å². The minimum atomic E-state index is -1.44. The van der Waals surface area contributed by atoms with Crippen LogP contribution in [0.3, 0.4) is 0 Å². The van der Waals surface area contributed by atoms with Crippen LogP contribution in [0.25, 0.3) is 0 Å². The second-order valence-electron chi connectivity index (χ2n) is 4.24. The van der Waals surface area contributed by atoms with Crippen molar-refractivity contribution in [3.8, 4) is 0 Å². The number of hydrogen-bond donors (Lipinski definition) is 2. The maximum absolute atomic E-state index is 13.2. The van der Waals surface area contributed by atoms with Gasteiger partial charge in [0.2, 0.25) is 5.91 Å². The quantitative estimate of drug-likeness (QED) is 0.890. The molecule has 0 spiro atoms. The lowest BCUT2D eigenvalue weighted by Crippen LogP contribution is -2.15. The van der Waals surface area contributed by atoms with Crippen molar-refractivity contribution >= 4 is 28.9 Å². The summed E-state index contributed by atoms with van der Waals surface area (Å²) in [7, 11) is 0. The molecule has 4 nitrogen and oxygen atoms in total. The van der Waals surface area contributed by atoms with Gasteiger partial charge in [-0.25, -0.2) is 13.6 Å². The lowest BCUT2D eigenvalue weighted by atomic mass is 10.1. The standard InChI is InChI=1S/C14H11F2NO3S/c15-10-6-9(14(19)20)12(7-11(10)16)17-13(18)4-3-8-2-1-5-21-8/h1-2,5-7H,3-4H2,(H,17,18)(H,19,20). The van der Waals surface area contributed by atoms with Crippen molar-refractivity contribution in [2.24, 2.45) is 0 Å². The minimum Gasteiger partial charge on any atom is -0.478 e. The van der Waals surface area contributed by atoms with Crippen LogP contribution in [0.15, 0.2) is 29.6 Å². The Morgan fingerprint density at radius 3 is 2.57 bits per heavy atom. The highest BCUT2D eigenvalue weighted by molar-refractivity contribution is 7.09. The number of rotatable bonds is 5. The first kappa shape index (κ1) is 15.1. The third kappa shape index (κ3) is 3.85. The number of carboxylic acid groups (broad SMARTS) is 1. The molecule has 0 saturated heterocycles. The molecule has 1 amide bonds. The summed E-state index contributed by atoms with van der Waals surface area (Å²) < 4.78 is 26.2. The third-order valence-electron chi connectivity index (χ3n) is 2.74. The van der Waals surface area contributed by atoms with Crippen LogP contribution in [-0.4, -0.2) is 17.0 Å². The van der Waals surface area contributed by atoms with Gasteiger partial charge in [-0.1, -0.05) is 6.07 Å². The Hall–Kier alpha value is -2.28. The van der Waals surface area contributed by atoms with Crippen LogP contribution in [-0.2, 0) is 11.2 Å². The largest absolute Gasteiger partial charge is 0.478 e. The zero-order valence-corrected chi connectivity index (χ0v) is 11.5. The molecule has 21 heavy (non-hydrogen) atoms. The van der Waals surface area contributed by atoms with Gasteiger partial charge in [0, 0.05) is 17.4 Å². The molecular weight excluding hydrogens is 300 g/mol. The normalized spacial score (nSPS) is 10.4. The average molecular weight is 311 g/mol. The lowest BCUT2D eigenvalue weighted by Gasteiger charge is -2.09. The van der Waals surface area contributed by atoms with E-state index in [2.05, 4.69) is 5.32 Å². The number of carboxylic acids is 1. The number of hydrogen-bond acceptors (Lipinski definition) is 3. The summed E-state index contributed by atoms with van der Waals surface area (Å²) in [6.45, 7) is 0. The Balaban J connectivity index is 2.09. The van der Waals surface area contributed by atoms with Crippen LogP contribution in [0.5, 0.6) is 0 Å². The van der Waals surface area contributed by atoms with E-state index in [4.69, 9.17) is 5.11 Å². The van der Waals surface area contributed by atoms with Crippen molar-refractivity contribution < 1.29 is 23.5 Å². The minimum absolute atomic E-state index is 0.124. The second kappa shape index (κ2) is 6.45. The Morgan fingerprint density at radius 2 is 1.95 bits per heavy atom. The fourth-order valence-electron chi connectivity index (χ4n) is 1.73. The molecule has 7 heteroatoms. The molecule has 0 aliphatic carbocycles. The van der Waals surface area contributed by atoms with E-state index in [0.717, 1.165) is 4.88 Å². The number of anilines is 1. The molecule has 2 aromatic rings. The predicted octanol–water partition coefficient (Wildman–Crippen LogP) is 3.30. The van der Waals surface area contributed by atoms with Gasteiger partial charge in [0.15, 0.2) is 11.6 Å². The summed E-state index contributed by atoms with van der Waals surface area (Å²) in [5.41, 5.74) is -0.740. The van der Waals surface area contributed by atoms with E-state index in [1.54, 1.807) is 0 Å². The van der Waals surface area contributed by atoms with Gasteiger partial charge in [-0.2, -0.15) is 0 Å². The number of aryl methyl sites for hydroxylation is 1. The van der Waals surface area contributed by atoms with Crippen molar-refractivity contribution in [2.45, 2.75) is 12.8 Å². The average Bonchev–Trinajstić information content (AvgIpc) is 2.93. The van der Waals surface area contributed by atoms with E-state index >= 15 is 0 Å². The number of thiophene rings is 1. The van der Waals surface area contributed by atoms with Gasteiger partial charge in [-0.3, -0.25) is 4.79 Å². The van der Waals surface area contributed by atoms with Gasteiger partial charge >= 0.3 is 5.97 Å². The zero-order valence-electron chi connectivity index (χ0n) is 10.7. The predicted molar refractivity (Wildman–Crippen MR) is 74.6 cm³/mol. The summed E-state index contributed by atoms with van der Waals surface area (Å²) in [6.07, 6.45) is 0.619. The Bertz CT molecular complexity index is 671. The highest BCUT2D eigenvalue weighted by Gasteiger charge is 2.17. The van der Waals surface area contributed by atoms with Gasteiger partial charge in [0.25, 0.3) is 0 Å². The number of halogens is 2. The van der Waals surface area contributed by atoms with Gasteiger partial charge in [-0.15, -0.1) is 11.3 Å². The number of aromatic carboxylic acids is 1. The fraction of sp³-hybridized carbons (Fsp3) is 0.143. The lowest BCUT2D eigenvalue weighted by molar-refractivity contribution is -0.116. The molecule has 2 N–H and O–H groups in total. The topological polar surface area (TPSA) is 66.4 Å². The second-order valence-corrected chi connectivity index (χ2v) is 5.28. The summed E-state index contributed by atoms with van der Waals surface area (Å²) in [4.78, 5) is 23.7. The Morgan fingerprint density at radius 1 is 1.24 bits per heavy atom. The zero-order chi connectivity index (χ0) is 15.4. The van der Waals surface area contributed by atoms with Crippen LogP contribution < -0.4 is 5.32 Å². The van der Waals surface area contributed by atoms with Crippen LogP contribution in [0.4, 0.5) is 14.5 Å². The molecule has 110 valence electrons. The van der Waals surface area contributed by atoms with Crippen LogP contribution >= 0.6 is 11.3 Å². The molecule has 0 radical (unpaired) electrons. The van der Waals surface area contributed by atoms with Gasteiger partial charge in [0.1, 0.15) is 0 Å². The van der Waals surface area contributed by atoms with Crippen molar-refractivity contribution in [1.29, 1.82) is 0 Å². The molecule has 0 aliphatic heterocycles. The molecule has 0 aliphatic rings. The Kier molecular flexibility index (Phi) is 4.64. The van der Waals surface area contributed by atoms with E-state index in [9.17, 15) is 18.4 Å². The monoisotopic (exact) mass is 311 g/mol. The van der Waals surface area contributed by atoms with Crippen molar-refractivity contribution in [3.63, 3.8) is 0 Å². The molecule has 0 fully saturated rings. The van der Waals surface area contributed by atoms with Crippen LogP contribution in [0.1, 0.15) is 21.7 Å². The molecule has 1 aromatic heterocycles. The van der Waals surface area contributed by atoms with Crippen LogP contribution in [0, 0.1) is 11.6 Å². The first-order valence-electron chi connectivity index (χ1n) is 6.02. The van der Waals surface area contributed by atoms with Gasteiger partial charge < -0.3 is 10.4 Å². The first-order chi connectivity index (χ1) is 9.97. The van der Waals surface area contributed by atoms with E-state index < -0.39 is 29.1 Å². The van der Waals surface area contributed by atoms with Gasteiger partial charge in [-0.05, 0) is 23.9 Å². The molecule has 0 saturated carbocycles. The summed E-state index contributed by atoms with van der Waals surface area (Å²) >= 11 is 1.50. The highest BCUT2D eigenvalue weighted by atomic mass is 32.1. The number of benzene rings is 1. The molecule has 0 unspecified atom stereocenters. The molecule has 2 rings (SSSR count). The number of nitrogens with one attached hydrogen (secondary N) is 1. The molecular formula is C14H11F2NO3S. The summed E-state index contributed by atoms with van der Waals surface area (Å²) in [5, 5.41) is 13.1. The number of carbonyl (C=O) groups is 2. The van der Waals surface area contributed by atoms with Crippen molar-refractivity contribution in [2.75, 3.05) is 5.32 Å². The molecule has 1 aromatic carbocycles. The SMILES string of the molecule is O=C(CCc1cccs1)Nc1cc(F)c(F)cc1C(=O)O. The maximum atomic E-state index is 13.2.